The molecule has 3 nitrogen and oxygen atoms in total. The van der Waals surface area contributed by atoms with E-state index >= 15 is 0 Å². The molecule has 86 valence electrons. The van der Waals surface area contributed by atoms with Crippen molar-refractivity contribution < 1.29 is 9.90 Å². The van der Waals surface area contributed by atoms with E-state index in [1.54, 1.807) is 0 Å². The van der Waals surface area contributed by atoms with Crippen molar-refractivity contribution in [3.05, 3.63) is 0 Å². The highest BCUT2D eigenvalue weighted by atomic mass is 16.3. The number of nitrogens with zero attached hydrogens (tertiary/aromatic N) is 1. The Kier molecular flexibility index (Phi) is 3.29. The van der Waals surface area contributed by atoms with Gasteiger partial charge < -0.3 is 10.0 Å². The van der Waals surface area contributed by atoms with E-state index in [4.69, 9.17) is 5.11 Å². The second kappa shape index (κ2) is 4.52. The summed E-state index contributed by atoms with van der Waals surface area (Å²) in [5.41, 5.74) is 0. The van der Waals surface area contributed by atoms with Crippen LogP contribution < -0.4 is 0 Å². The van der Waals surface area contributed by atoms with E-state index in [0.29, 0.717) is 17.7 Å². The molecule has 1 saturated heterocycles. The molecule has 1 N–H and O–H groups in total. The van der Waals surface area contributed by atoms with Gasteiger partial charge in [-0.1, -0.05) is 13.3 Å². The summed E-state index contributed by atoms with van der Waals surface area (Å²) in [5.74, 6) is 1.50. The van der Waals surface area contributed by atoms with Crippen molar-refractivity contribution in [1.29, 1.82) is 0 Å². The summed E-state index contributed by atoms with van der Waals surface area (Å²) in [6.07, 6.45) is 4.45. The molecule has 3 unspecified atom stereocenters. The molecule has 3 heteroatoms. The third kappa shape index (κ3) is 2.17. The Morgan fingerprint density at radius 2 is 2.20 bits per heavy atom. The van der Waals surface area contributed by atoms with Crippen LogP contribution in [0.1, 0.15) is 32.6 Å². The molecule has 2 aliphatic rings. The van der Waals surface area contributed by atoms with Crippen LogP contribution in [0, 0.1) is 17.8 Å². The van der Waals surface area contributed by atoms with E-state index in [1.165, 1.54) is 12.8 Å². The zero-order chi connectivity index (χ0) is 10.8. The summed E-state index contributed by atoms with van der Waals surface area (Å²) >= 11 is 0. The predicted octanol–water partition coefficient (Wildman–Crippen LogP) is 1.26. The van der Waals surface area contributed by atoms with Gasteiger partial charge in [-0.15, -0.1) is 0 Å². The van der Waals surface area contributed by atoms with Gasteiger partial charge >= 0.3 is 0 Å². The number of likely N-dealkylation sites (tertiary alicyclic amines) is 1. The lowest BCUT2D eigenvalue weighted by molar-refractivity contribution is -0.135. The number of amides is 1. The van der Waals surface area contributed by atoms with Crippen LogP contribution >= 0.6 is 0 Å². The fraction of sp³-hybridized carbons (Fsp3) is 0.917. The quantitative estimate of drug-likeness (QED) is 0.747. The van der Waals surface area contributed by atoms with Gasteiger partial charge in [0.15, 0.2) is 0 Å². The van der Waals surface area contributed by atoms with E-state index in [0.717, 1.165) is 25.9 Å². The first kappa shape index (κ1) is 10.9. The third-order valence-electron chi connectivity index (χ3n) is 4.03. The van der Waals surface area contributed by atoms with Crippen LogP contribution in [0.5, 0.6) is 0 Å². The summed E-state index contributed by atoms with van der Waals surface area (Å²) in [4.78, 5) is 14.1. The summed E-state index contributed by atoms with van der Waals surface area (Å²) in [7, 11) is 0. The molecule has 15 heavy (non-hydrogen) atoms. The van der Waals surface area contributed by atoms with Gasteiger partial charge in [-0.25, -0.2) is 0 Å². The lowest BCUT2D eigenvalue weighted by Gasteiger charge is -2.23. The highest BCUT2D eigenvalue weighted by Gasteiger charge is 2.35. The zero-order valence-electron chi connectivity index (χ0n) is 9.48. The fourth-order valence-corrected chi connectivity index (χ4v) is 2.93. The Balaban J connectivity index is 1.91. The van der Waals surface area contributed by atoms with Crippen molar-refractivity contribution in [2.45, 2.75) is 32.6 Å². The summed E-state index contributed by atoms with van der Waals surface area (Å²) < 4.78 is 0. The van der Waals surface area contributed by atoms with E-state index in [9.17, 15) is 4.79 Å². The number of aliphatic hydroxyl groups excluding tert-OH is 1. The number of hydrogen-bond donors (Lipinski definition) is 1. The van der Waals surface area contributed by atoms with Crippen LogP contribution in [0.4, 0.5) is 0 Å². The topological polar surface area (TPSA) is 40.5 Å². The minimum Gasteiger partial charge on any atom is -0.396 e. The summed E-state index contributed by atoms with van der Waals surface area (Å²) in [6.45, 7) is 4.05. The van der Waals surface area contributed by atoms with Crippen LogP contribution in [0.3, 0.4) is 0 Å². The molecule has 0 spiro atoms. The van der Waals surface area contributed by atoms with Gasteiger partial charge in [-0.3, -0.25) is 4.79 Å². The minimum absolute atomic E-state index is 0.226. The molecule has 2 fully saturated rings. The maximum atomic E-state index is 12.2. The average molecular weight is 211 g/mol. The second-order valence-corrected chi connectivity index (χ2v) is 5.14. The van der Waals surface area contributed by atoms with Crippen LogP contribution in [0.2, 0.25) is 0 Å². The molecule has 1 amide bonds. The molecule has 1 aliphatic heterocycles. The largest absolute Gasteiger partial charge is 0.396 e. The summed E-state index contributed by atoms with van der Waals surface area (Å²) in [5, 5.41) is 9.04. The van der Waals surface area contributed by atoms with E-state index in [1.807, 2.05) is 4.90 Å². The first-order valence-corrected chi connectivity index (χ1v) is 6.12. The lowest BCUT2D eigenvalue weighted by Crippen LogP contribution is -2.35. The Bertz CT molecular complexity index is 242. The summed E-state index contributed by atoms with van der Waals surface area (Å²) in [6, 6.07) is 0. The third-order valence-corrected chi connectivity index (χ3v) is 4.03. The molecule has 0 aromatic rings. The van der Waals surface area contributed by atoms with E-state index < -0.39 is 0 Å². The second-order valence-electron chi connectivity index (χ2n) is 5.14. The molecule has 0 bridgehead atoms. The first-order valence-electron chi connectivity index (χ1n) is 6.12. The highest BCUT2D eigenvalue weighted by Crippen LogP contribution is 2.33. The van der Waals surface area contributed by atoms with Gasteiger partial charge in [0.1, 0.15) is 0 Å². The Labute approximate surface area is 91.5 Å². The van der Waals surface area contributed by atoms with Crippen LogP contribution in [-0.2, 0) is 4.79 Å². The van der Waals surface area contributed by atoms with E-state index in [2.05, 4.69) is 6.92 Å². The fourth-order valence-electron chi connectivity index (χ4n) is 2.93. The van der Waals surface area contributed by atoms with Crippen LogP contribution in [0.15, 0.2) is 0 Å². The Morgan fingerprint density at radius 3 is 2.73 bits per heavy atom. The minimum atomic E-state index is 0.226. The van der Waals surface area contributed by atoms with Crippen molar-refractivity contribution in [1.82, 2.24) is 4.90 Å². The van der Waals surface area contributed by atoms with Gasteiger partial charge in [0.25, 0.3) is 0 Å². The molecular weight excluding hydrogens is 190 g/mol. The van der Waals surface area contributed by atoms with Crippen molar-refractivity contribution in [3.63, 3.8) is 0 Å². The lowest BCUT2D eigenvalue weighted by atomic mass is 9.97. The van der Waals surface area contributed by atoms with Gasteiger partial charge in [0.05, 0.1) is 0 Å². The zero-order valence-corrected chi connectivity index (χ0v) is 9.48. The molecule has 0 radical (unpaired) electrons. The SMILES string of the molecule is CC1CCCC1C(=O)N1CCC(CO)C1. The standard InChI is InChI=1S/C12H21NO2/c1-9-3-2-4-11(9)12(15)13-6-5-10(7-13)8-14/h9-11,14H,2-8H2,1H3. The van der Waals surface area contributed by atoms with Gasteiger partial charge in [-0.05, 0) is 25.2 Å². The van der Waals surface area contributed by atoms with Gasteiger partial charge in [0, 0.05) is 31.5 Å². The van der Waals surface area contributed by atoms with E-state index in [-0.39, 0.29) is 12.5 Å². The van der Waals surface area contributed by atoms with Crippen molar-refractivity contribution in [3.8, 4) is 0 Å². The first-order chi connectivity index (χ1) is 7.22. The molecule has 0 aromatic heterocycles. The number of carbonyl (C=O) groups excluding carboxylic acids is 1. The molecular formula is C12H21NO2. The van der Waals surface area contributed by atoms with Gasteiger partial charge in [-0.2, -0.15) is 0 Å². The maximum absolute atomic E-state index is 12.2. The van der Waals surface area contributed by atoms with Crippen LogP contribution in [0.25, 0.3) is 0 Å². The Morgan fingerprint density at radius 1 is 1.40 bits per heavy atom. The highest BCUT2D eigenvalue weighted by molar-refractivity contribution is 5.79. The number of aliphatic hydroxyl groups is 1. The van der Waals surface area contributed by atoms with Crippen molar-refractivity contribution in [2.75, 3.05) is 19.7 Å². The normalized spacial score (nSPS) is 36.1. The smallest absolute Gasteiger partial charge is 0.225 e. The Hall–Kier alpha value is -0.570. The molecule has 0 aromatic carbocycles. The molecule has 1 saturated carbocycles. The van der Waals surface area contributed by atoms with Gasteiger partial charge in [0.2, 0.25) is 5.91 Å². The maximum Gasteiger partial charge on any atom is 0.225 e. The molecule has 2 rings (SSSR count). The number of carbonyl (C=O) groups is 1. The van der Waals surface area contributed by atoms with Crippen molar-refractivity contribution in [2.24, 2.45) is 17.8 Å². The van der Waals surface area contributed by atoms with Crippen LogP contribution in [-0.4, -0.2) is 35.6 Å². The monoisotopic (exact) mass is 211 g/mol. The number of hydrogen-bond acceptors (Lipinski definition) is 2. The molecule has 1 heterocycles. The molecule has 3 atom stereocenters. The predicted molar refractivity (Wildman–Crippen MR) is 58.3 cm³/mol. The number of rotatable bonds is 2. The van der Waals surface area contributed by atoms with Crippen molar-refractivity contribution >= 4 is 5.91 Å². The average Bonchev–Trinajstić information content (AvgIpc) is 2.84. The molecule has 1 aliphatic carbocycles.